The van der Waals surface area contributed by atoms with Crippen LogP contribution in [0.4, 0.5) is 0 Å². The summed E-state index contributed by atoms with van der Waals surface area (Å²) in [5.74, 6) is 0. The maximum absolute atomic E-state index is 6.27. The lowest BCUT2D eigenvalue weighted by molar-refractivity contribution is 0.669. The summed E-state index contributed by atoms with van der Waals surface area (Å²) in [4.78, 5) is 0. The predicted octanol–water partition coefficient (Wildman–Crippen LogP) is 12.5. The van der Waals surface area contributed by atoms with Gasteiger partial charge in [-0.05, 0) is 75.8 Å². The molecular formula is C42H23NOS. The number of nitrogens with zero attached hydrogens (tertiary/aromatic N) is 1. The standard InChI is InChI=1S/C42H23NOS/c1-2-9-27-26(8-1)28-10-3-5-13-34(28)43-35-20-17-24(25-16-18-30-29-11-4-6-14-36(29)44-37(30)23-25)22-33(35)32-19-21-39-41(42(32)43)40-31(27)12-7-15-38(40)45-39/h1-23H. The summed E-state index contributed by atoms with van der Waals surface area (Å²) in [7, 11) is 0. The molecule has 0 saturated carbocycles. The first-order chi connectivity index (χ1) is 22.3. The molecule has 0 N–H and O–H groups in total. The zero-order valence-electron chi connectivity index (χ0n) is 24.0. The third-order valence-corrected chi connectivity index (χ3v) is 10.9. The molecule has 0 aliphatic carbocycles. The average molecular weight is 590 g/mol. The first-order valence-electron chi connectivity index (χ1n) is 15.4. The molecule has 7 aromatic carbocycles. The minimum absolute atomic E-state index is 0.921. The molecule has 0 spiro atoms. The number of hydrogen-bond donors (Lipinski definition) is 0. The fourth-order valence-corrected chi connectivity index (χ4v) is 8.95. The van der Waals surface area contributed by atoms with Crippen LogP contribution >= 0.6 is 11.3 Å². The van der Waals surface area contributed by atoms with Gasteiger partial charge >= 0.3 is 0 Å². The lowest BCUT2D eigenvalue weighted by Gasteiger charge is -2.05. The van der Waals surface area contributed by atoms with Crippen LogP contribution in [-0.2, 0) is 0 Å². The van der Waals surface area contributed by atoms with Crippen molar-refractivity contribution in [2.45, 2.75) is 0 Å². The molecule has 4 heterocycles. The van der Waals surface area contributed by atoms with Crippen LogP contribution in [0.25, 0.3) is 102 Å². The van der Waals surface area contributed by atoms with Gasteiger partial charge < -0.3 is 8.82 Å². The third kappa shape index (κ3) is 3.08. The topological polar surface area (TPSA) is 17.6 Å². The fraction of sp³-hybridized carbons (Fsp3) is 0. The van der Waals surface area contributed by atoms with Crippen LogP contribution in [0.1, 0.15) is 0 Å². The number of aromatic nitrogens is 1. The van der Waals surface area contributed by atoms with Gasteiger partial charge in [-0.1, -0.05) is 91.0 Å². The fourth-order valence-electron chi connectivity index (χ4n) is 7.82. The van der Waals surface area contributed by atoms with Gasteiger partial charge in [0.05, 0.1) is 16.6 Å². The zero-order chi connectivity index (χ0) is 29.2. The van der Waals surface area contributed by atoms with Crippen LogP contribution in [0.3, 0.4) is 0 Å². The van der Waals surface area contributed by atoms with E-state index in [4.69, 9.17) is 4.42 Å². The van der Waals surface area contributed by atoms with E-state index in [1.54, 1.807) is 0 Å². The van der Waals surface area contributed by atoms with E-state index in [-0.39, 0.29) is 0 Å². The average Bonchev–Trinajstić information content (AvgIpc) is 3.77. The van der Waals surface area contributed by atoms with Crippen molar-refractivity contribution in [1.29, 1.82) is 0 Å². The number of hydrogen-bond acceptors (Lipinski definition) is 2. The summed E-state index contributed by atoms with van der Waals surface area (Å²) in [6, 6.07) is 51.1. The van der Waals surface area contributed by atoms with Crippen LogP contribution in [0.15, 0.2) is 144 Å². The largest absolute Gasteiger partial charge is 0.456 e. The van der Waals surface area contributed by atoms with Crippen molar-refractivity contribution in [2.24, 2.45) is 0 Å². The molecule has 2 nitrogen and oxygen atoms in total. The van der Waals surface area contributed by atoms with Gasteiger partial charge in [-0.3, -0.25) is 0 Å². The number of fused-ring (bicyclic) bond motifs is 11. The Morgan fingerprint density at radius 3 is 1.96 bits per heavy atom. The molecule has 0 bridgehead atoms. The van der Waals surface area contributed by atoms with Crippen LogP contribution in [0.2, 0.25) is 0 Å². The second kappa shape index (κ2) is 8.50. The van der Waals surface area contributed by atoms with Crippen molar-refractivity contribution in [3.05, 3.63) is 140 Å². The molecule has 0 amide bonds. The van der Waals surface area contributed by atoms with Gasteiger partial charge in [0.15, 0.2) is 0 Å². The Morgan fingerprint density at radius 1 is 0.400 bits per heavy atom. The minimum atomic E-state index is 0.921. The quantitative estimate of drug-likeness (QED) is 0.186. The summed E-state index contributed by atoms with van der Waals surface area (Å²) < 4.78 is 11.4. The Labute approximate surface area is 260 Å². The number of thiophene rings is 1. The Hall–Kier alpha value is -5.64. The highest BCUT2D eigenvalue weighted by Gasteiger charge is 2.20. The van der Waals surface area contributed by atoms with E-state index >= 15 is 0 Å². The highest BCUT2D eigenvalue weighted by atomic mass is 32.1. The molecule has 0 fully saturated rings. The molecule has 45 heavy (non-hydrogen) atoms. The van der Waals surface area contributed by atoms with Crippen molar-refractivity contribution in [3.8, 4) is 11.1 Å². The van der Waals surface area contributed by atoms with Gasteiger partial charge in [-0.25, -0.2) is 0 Å². The number of furan rings is 1. The van der Waals surface area contributed by atoms with Gasteiger partial charge in [0.1, 0.15) is 11.2 Å². The smallest absolute Gasteiger partial charge is 0.136 e. The number of benzene rings is 7. The molecule has 4 aromatic heterocycles. The SMILES string of the molecule is c1ccc2c(c1)oc1cc(-c3ccc4c(c3)c3ccc5sc6cccc7c8ccccc8c8ccccc8n4c3c5c67)ccc12. The second-order valence-corrected chi connectivity index (χ2v) is 13.1. The number of para-hydroxylation sites is 2. The lowest BCUT2D eigenvalue weighted by Crippen LogP contribution is -1.86. The second-order valence-electron chi connectivity index (χ2n) is 12.1. The molecule has 0 radical (unpaired) electrons. The number of rotatable bonds is 1. The van der Waals surface area contributed by atoms with E-state index in [1.807, 2.05) is 23.5 Å². The molecular weight excluding hydrogens is 567 g/mol. The van der Waals surface area contributed by atoms with Gasteiger partial charge in [-0.15, -0.1) is 11.3 Å². The van der Waals surface area contributed by atoms with E-state index < -0.39 is 0 Å². The van der Waals surface area contributed by atoms with Gasteiger partial charge in [0, 0.05) is 47.1 Å². The molecule has 3 heteroatoms. The van der Waals surface area contributed by atoms with Gasteiger partial charge in [0.2, 0.25) is 0 Å². The van der Waals surface area contributed by atoms with Gasteiger partial charge in [0.25, 0.3) is 0 Å². The van der Waals surface area contributed by atoms with E-state index in [2.05, 4.69) is 132 Å². The van der Waals surface area contributed by atoms with Crippen molar-refractivity contribution >= 4 is 102 Å². The predicted molar refractivity (Wildman–Crippen MR) is 193 cm³/mol. The maximum Gasteiger partial charge on any atom is 0.136 e. The Balaban J connectivity index is 1.34. The minimum Gasteiger partial charge on any atom is -0.456 e. The molecule has 0 aliphatic rings. The third-order valence-electron chi connectivity index (χ3n) is 9.75. The molecule has 0 atom stereocenters. The normalized spacial score (nSPS) is 12.4. The summed E-state index contributed by atoms with van der Waals surface area (Å²) in [5.41, 5.74) is 7.90. The monoisotopic (exact) mass is 589 g/mol. The van der Waals surface area contributed by atoms with Crippen molar-refractivity contribution in [1.82, 2.24) is 4.40 Å². The lowest BCUT2D eigenvalue weighted by atomic mass is 9.99. The molecule has 0 unspecified atom stereocenters. The van der Waals surface area contributed by atoms with Crippen LogP contribution in [-0.4, -0.2) is 4.40 Å². The summed E-state index contributed by atoms with van der Waals surface area (Å²) >= 11 is 1.89. The molecule has 0 aliphatic heterocycles. The van der Waals surface area contributed by atoms with Crippen molar-refractivity contribution in [2.75, 3.05) is 0 Å². The first-order valence-corrected chi connectivity index (χ1v) is 16.2. The van der Waals surface area contributed by atoms with E-state index in [0.29, 0.717) is 0 Å². The molecule has 208 valence electrons. The summed E-state index contributed by atoms with van der Waals surface area (Å²) in [6.45, 7) is 0. The van der Waals surface area contributed by atoms with E-state index in [1.165, 1.54) is 74.6 Å². The van der Waals surface area contributed by atoms with Crippen LogP contribution in [0.5, 0.6) is 0 Å². The molecule has 11 rings (SSSR count). The van der Waals surface area contributed by atoms with Gasteiger partial charge in [-0.2, -0.15) is 0 Å². The Kier molecular flexibility index (Phi) is 4.49. The highest BCUT2D eigenvalue weighted by Crippen LogP contribution is 2.46. The van der Waals surface area contributed by atoms with Crippen LogP contribution < -0.4 is 0 Å². The summed E-state index contributed by atoms with van der Waals surface area (Å²) in [5, 5.41) is 12.6. The van der Waals surface area contributed by atoms with Crippen molar-refractivity contribution < 1.29 is 4.42 Å². The molecule has 0 saturated heterocycles. The Bertz CT molecular complexity index is 3030. The zero-order valence-corrected chi connectivity index (χ0v) is 24.9. The highest BCUT2D eigenvalue weighted by molar-refractivity contribution is 7.26. The summed E-state index contributed by atoms with van der Waals surface area (Å²) in [6.07, 6.45) is 0. The maximum atomic E-state index is 6.27. The van der Waals surface area contributed by atoms with E-state index in [0.717, 1.165) is 27.5 Å². The first kappa shape index (κ1) is 23.8. The van der Waals surface area contributed by atoms with Crippen LogP contribution in [0, 0.1) is 0 Å². The Morgan fingerprint density at radius 2 is 1.04 bits per heavy atom. The van der Waals surface area contributed by atoms with E-state index in [9.17, 15) is 0 Å². The molecule has 11 aromatic rings. The van der Waals surface area contributed by atoms with Crippen molar-refractivity contribution in [3.63, 3.8) is 0 Å².